The van der Waals surface area contributed by atoms with Crippen LogP contribution in [0.1, 0.15) is 0 Å². The Bertz CT molecular complexity index is 199. The van der Waals surface area contributed by atoms with Crippen LogP contribution in [0.15, 0.2) is 18.6 Å². The molecule has 0 aromatic carbocycles. The summed E-state index contributed by atoms with van der Waals surface area (Å²) in [6.45, 7) is 0. The Kier molecular flexibility index (Phi) is 1.15. The van der Waals surface area contributed by atoms with E-state index in [1.165, 1.54) is 18.6 Å². The van der Waals surface area contributed by atoms with Crippen molar-refractivity contribution in [2.75, 3.05) is 0 Å². The lowest BCUT2D eigenvalue weighted by Gasteiger charge is -1.66. The highest BCUT2D eigenvalue weighted by Crippen LogP contribution is 1.99. The van der Waals surface area contributed by atoms with Crippen molar-refractivity contribution >= 4 is 5.82 Å². The van der Waals surface area contributed by atoms with Crippen molar-refractivity contribution in [1.29, 1.82) is 5.39 Å². The van der Waals surface area contributed by atoms with Crippen LogP contribution in [0.2, 0.25) is 0 Å². The van der Waals surface area contributed by atoms with Crippen molar-refractivity contribution in [1.82, 2.24) is 9.97 Å². The first-order valence-corrected chi connectivity index (χ1v) is 2.04. The van der Waals surface area contributed by atoms with Crippen molar-refractivity contribution in [2.24, 2.45) is 0 Å². The summed E-state index contributed by atoms with van der Waals surface area (Å²) in [7, 11) is 0. The summed E-state index contributed by atoms with van der Waals surface area (Å²) in [6.07, 6.45) is 4.32. The molecule has 0 atom stereocenters. The predicted octanol–water partition coefficient (Wildman–Crippen LogP) is 0.961. The van der Waals surface area contributed by atoms with Crippen molar-refractivity contribution in [3.05, 3.63) is 23.6 Å². The van der Waals surface area contributed by atoms with Gasteiger partial charge in [-0.15, -0.1) is 0 Å². The van der Waals surface area contributed by atoms with Gasteiger partial charge in [-0.1, -0.05) is 0 Å². The van der Waals surface area contributed by atoms with E-state index in [1.807, 2.05) is 0 Å². The molecule has 0 N–H and O–H groups in total. The summed E-state index contributed by atoms with van der Waals surface area (Å²) in [5.41, 5.74) is 0. The van der Waals surface area contributed by atoms with Gasteiger partial charge in [0.1, 0.15) is 6.20 Å². The summed E-state index contributed by atoms with van der Waals surface area (Å²) in [5.74, 6) is 0.229. The Labute approximate surface area is 45.8 Å². The van der Waals surface area contributed by atoms with Crippen LogP contribution in [0, 0.1) is 5.39 Å². The van der Waals surface area contributed by atoms with E-state index in [2.05, 4.69) is 14.9 Å². The first-order valence-electron chi connectivity index (χ1n) is 2.04. The summed E-state index contributed by atoms with van der Waals surface area (Å²) in [4.78, 5) is 10.1. The van der Waals surface area contributed by atoms with E-state index in [-0.39, 0.29) is 5.82 Å². The van der Waals surface area contributed by atoms with E-state index in [1.54, 1.807) is 0 Å². The second-order valence-corrected chi connectivity index (χ2v) is 1.16. The van der Waals surface area contributed by atoms with Crippen LogP contribution < -0.4 is 0 Å². The van der Waals surface area contributed by atoms with Crippen LogP contribution in [-0.2, 0) is 0 Å². The molecule has 0 unspecified atom stereocenters. The highest BCUT2D eigenvalue weighted by molar-refractivity contribution is 5.28. The lowest BCUT2D eigenvalue weighted by molar-refractivity contribution is 1.21. The molecule has 1 heterocycles. The van der Waals surface area contributed by atoms with Crippen molar-refractivity contribution in [3.63, 3.8) is 0 Å². The molecule has 0 bridgehead atoms. The quantitative estimate of drug-likeness (QED) is 0.464. The molecule has 4 heteroatoms. The van der Waals surface area contributed by atoms with Gasteiger partial charge in [0, 0.05) is 4.98 Å². The molecule has 0 radical (unpaired) electrons. The van der Waals surface area contributed by atoms with E-state index in [0.717, 1.165) is 0 Å². The van der Waals surface area contributed by atoms with Gasteiger partial charge in [-0.05, 0) is 4.98 Å². The molecule has 0 amide bonds. The molecule has 0 aliphatic heterocycles. The first kappa shape index (κ1) is 4.65. The zero-order valence-electron chi connectivity index (χ0n) is 4.02. The Morgan fingerprint density at radius 2 is 2.38 bits per heavy atom. The van der Waals surface area contributed by atoms with Crippen LogP contribution >= 0.6 is 0 Å². The average Bonchev–Trinajstić information content (AvgIpc) is 1.90. The Balaban J connectivity index is 3.05. The third-order valence-corrected chi connectivity index (χ3v) is 0.652. The number of hydrogen-bond acceptors (Lipinski definition) is 3. The van der Waals surface area contributed by atoms with Gasteiger partial charge >= 0.3 is 5.82 Å². The van der Waals surface area contributed by atoms with Gasteiger partial charge in [0.05, 0.1) is 11.6 Å². The van der Waals surface area contributed by atoms with E-state index in [9.17, 15) is 0 Å². The van der Waals surface area contributed by atoms with Crippen molar-refractivity contribution in [3.8, 4) is 0 Å². The fraction of sp³-hybridized carbons (Fsp3) is 0. The smallest absolute Gasteiger partial charge is 0.250 e. The van der Waals surface area contributed by atoms with E-state index >= 15 is 0 Å². The predicted molar refractivity (Wildman–Crippen MR) is 26.8 cm³/mol. The van der Waals surface area contributed by atoms with Crippen molar-refractivity contribution < 1.29 is 0 Å². The van der Waals surface area contributed by atoms with Crippen molar-refractivity contribution in [2.45, 2.75) is 0 Å². The lowest BCUT2D eigenvalue weighted by Crippen LogP contribution is -1.70. The van der Waals surface area contributed by atoms with Gasteiger partial charge in [0.2, 0.25) is 0 Å². The molecule has 1 aromatic rings. The molecule has 0 saturated heterocycles. The molecule has 0 fully saturated rings. The second-order valence-electron chi connectivity index (χ2n) is 1.16. The third-order valence-electron chi connectivity index (χ3n) is 0.652. The standard InChI is InChI=1S/C4H3N4/c5-8-4-3-6-1-2-7-4/h1-3H/q+1. The molecule has 0 aliphatic carbocycles. The molecule has 1 rings (SSSR count). The third kappa shape index (κ3) is 0.763. The number of hydrogen-bond donors (Lipinski definition) is 0. The molecule has 1 aromatic heterocycles. The molecule has 8 heavy (non-hydrogen) atoms. The number of rotatable bonds is 0. The Morgan fingerprint density at radius 3 is 2.75 bits per heavy atom. The minimum absolute atomic E-state index is 0.229. The summed E-state index contributed by atoms with van der Waals surface area (Å²) < 4.78 is 0. The second kappa shape index (κ2) is 1.98. The van der Waals surface area contributed by atoms with E-state index in [0.29, 0.717) is 0 Å². The highest BCUT2D eigenvalue weighted by atomic mass is 15.0. The Morgan fingerprint density at radius 1 is 1.50 bits per heavy atom. The maximum Gasteiger partial charge on any atom is 0.482 e. The van der Waals surface area contributed by atoms with Gasteiger partial charge in [-0.3, -0.25) is 4.98 Å². The molecule has 0 saturated carbocycles. The Hall–Kier alpha value is -1.50. The van der Waals surface area contributed by atoms with E-state index < -0.39 is 0 Å². The largest absolute Gasteiger partial charge is 0.482 e. The monoisotopic (exact) mass is 107 g/mol. The fourth-order valence-electron chi connectivity index (χ4n) is 0.343. The zero-order valence-corrected chi connectivity index (χ0v) is 4.02. The fourth-order valence-corrected chi connectivity index (χ4v) is 0.343. The molecular formula is C4H3N4+. The molecule has 38 valence electrons. The first-order chi connectivity index (χ1) is 3.93. The van der Waals surface area contributed by atoms with Gasteiger partial charge < -0.3 is 0 Å². The minimum Gasteiger partial charge on any atom is -0.250 e. The van der Waals surface area contributed by atoms with Crippen LogP contribution in [0.4, 0.5) is 5.82 Å². The number of nitrogens with zero attached hydrogens (tertiary/aromatic N) is 4. The normalized spacial score (nSPS) is 7.88. The van der Waals surface area contributed by atoms with Gasteiger partial charge in [0.15, 0.2) is 6.20 Å². The summed E-state index contributed by atoms with van der Waals surface area (Å²) in [5, 5.41) is 8.06. The lowest BCUT2D eigenvalue weighted by atomic mass is 10.7. The van der Waals surface area contributed by atoms with Gasteiger partial charge in [-0.2, -0.15) is 0 Å². The molecule has 0 aliphatic rings. The SMILES string of the molecule is N#[N+]c1cnccn1. The summed E-state index contributed by atoms with van der Waals surface area (Å²) in [6, 6.07) is 0. The number of aromatic nitrogens is 2. The van der Waals surface area contributed by atoms with Crippen LogP contribution in [-0.4, -0.2) is 9.97 Å². The zero-order chi connectivity index (χ0) is 5.82. The van der Waals surface area contributed by atoms with Crippen LogP contribution in [0.25, 0.3) is 4.98 Å². The average molecular weight is 107 g/mol. The van der Waals surface area contributed by atoms with Gasteiger partial charge in [-0.25, -0.2) is 0 Å². The van der Waals surface area contributed by atoms with Crippen LogP contribution in [0.3, 0.4) is 0 Å². The van der Waals surface area contributed by atoms with Crippen LogP contribution in [0.5, 0.6) is 0 Å². The topological polar surface area (TPSA) is 53.9 Å². The molecular weight excluding hydrogens is 104 g/mol. The maximum absolute atomic E-state index is 8.06. The highest BCUT2D eigenvalue weighted by Gasteiger charge is 1.99. The summed E-state index contributed by atoms with van der Waals surface area (Å²) >= 11 is 0. The van der Waals surface area contributed by atoms with Gasteiger partial charge in [0.25, 0.3) is 0 Å². The minimum atomic E-state index is 0.229. The number of diazo groups is 1. The molecule has 4 nitrogen and oxygen atoms in total. The maximum atomic E-state index is 8.06. The molecule has 0 spiro atoms. The van der Waals surface area contributed by atoms with E-state index in [4.69, 9.17) is 5.39 Å².